The van der Waals surface area contributed by atoms with E-state index in [9.17, 15) is 9.90 Å². The largest absolute Gasteiger partial charge is 0.494 e. The summed E-state index contributed by atoms with van der Waals surface area (Å²) in [4.78, 5) is 24.2. The van der Waals surface area contributed by atoms with Crippen molar-refractivity contribution in [3.8, 4) is 5.75 Å². The van der Waals surface area contributed by atoms with Crippen molar-refractivity contribution in [1.82, 2.24) is 20.3 Å². The third-order valence-electron chi connectivity index (χ3n) is 6.49. The van der Waals surface area contributed by atoms with Crippen molar-refractivity contribution in [2.75, 3.05) is 23.4 Å². The van der Waals surface area contributed by atoms with Gasteiger partial charge in [0, 0.05) is 30.9 Å². The summed E-state index contributed by atoms with van der Waals surface area (Å²) in [5, 5.41) is 16.9. The molecule has 0 aliphatic heterocycles. The first-order valence-electron chi connectivity index (χ1n) is 12.0. The van der Waals surface area contributed by atoms with Crippen LogP contribution in [0.15, 0.2) is 30.5 Å². The number of carboxylic acid groups (broad SMARTS) is 1. The number of aryl methyl sites for hydroxylation is 1. The molecule has 1 atom stereocenters. The molecule has 0 bridgehead atoms. The van der Waals surface area contributed by atoms with Gasteiger partial charge in [-0.25, -0.2) is 4.98 Å². The summed E-state index contributed by atoms with van der Waals surface area (Å²) >= 11 is 0. The quantitative estimate of drug-likeness (QED) is 0.292. The van der Waals surface area contributed by atoms with Crippen molar-refractivity contribution in [1.29, 1.82) is 0 Å². The van der Waals surface area contributed by atoms with E-state index in [2.05, 4.69) is 25.6 Å². The van der Waals surface area contributed by atoms with Crippen molar-refractivity contribution in [3.05, 3.63) is 41.6 Å². The van der Waals surface area contributed by atoms with Gasteiger partial charge in [0.15, 0.2) is 5.65 Å². The summed E-state index contributed by atoms with van der Waals surface area (Å²) in [6.45, 7) is 2.84. The van der Waals surface area contributed by atoms with Crippen LogP contribution in [-0.4, -0.2) is 44.7 Å². The van der Waals surface area contributed by atoms with Crippen molar-refractivity contribution >= 4 is 34.5 Å². The highest BCUT2D eigenvalue weighted by Crippen LogP contribution is 2.25. The highest BCUT2D eigenvalue weighted by atomic mass is 16.5. The monoisotopic (exact) mass is 479 g/mol. The van der Waals surface area contributed by atoms with Gasteiger partial charge < -0.3 is 31.9 Å². The van der Waals surface area contributed by atoms with Crippen LogP contribution in [0.25, 0.3) is 11.0 Å². The summed E-state index contributed by atoms with van der Waals surface area (Å²) in [5.41, 5.74) is 15.0. The molecule has 10 heteroatoms. The normalized spacial score (nSPS) is 15.1. The number of nitrogens with two attached hydrogens (primary N) is 2. The second kappa shape index (κ2) is 11.2. The van der Waals surface area contributed by atoms with Crippen LogP contribution in [0.3, 0.4) is 0 Å². The molecule has 0 unspecified atom stereocenters. The van der Waals surface area contributed by atoms with Gasteiger partial charge in [-0.05, 0) is 55.2 Å². The molecule has 7 N–H and O–H groups in total. The van der Waals surface area contributed by atoms with Gasteiger partial charge >= 0.3 is 5.97 Å². The fourth-order valence-corrected chi connectivity index (χ4v) is 4.50. The number of pyridine rings is 1. The molecule has 186 valence electrons. The number of rotatable bonds is 10. The Kier molecular flexibility index (Phi) is 7.81. The van der Waals surface area contributed by atoms with E-state index < -0.39 is 12.0 Å². The number of carboxylic acids is 1. The zero-order chi connectivity index (χ0) is 24.8. The van der Waals surface area contributed by atoms with E-state index in [1.165, 1.54) is 6.42 Å². The number of benzene rings is 1. The number of anilines is 3. The highest BCUT2D eigenvalue weighted by Gasteiger charge is 2.22. The van der Waals surface area contributed by atoms with Crippen LogP contribution in [0.2, 0.25) is 0 Å². The molecule has 1 aliphatic rings. The lowest BCUT2D eigenvalue weighted by molar-refractivity contribution is -0.140. The van der Waals surface area contributed by atoms with E-state index >= 15 is 0 Å². The minimum atomic E-state index is -0.825. The molecule has 2 heterocycles. The molecule has 2 aromatic heterocycles. The van der Waals surface area contributed by atoms with E-state index in [1.54, 1.807) is 6.20 Å². The summed E-state index contributed by atoms with van der Waals surface area (Å²) in [5.74, 6) is 0.298. The zero-order valence-corrected chi connectivity index (χ0v) is 20.0. The molecule has 10 nitrogen and oxygen atoms in total. The van der Waals surface area contributed by atoms with Gasteiger partial charge in [-0.15, -0.1) is 0 Å². The molecule has 1 saturated carbocycles. The summed E-state index contributed by atoms with van der Waals surface area (Å²) in [7, 11) is 0. The molecular weight excluding hydrogens is 446 g/mol. The Morgan fingerprint density at radius 1 is 1.17 bits per heavy atom. The maximum absolute atomic E-state index is 11.6. The number of carbonyl (C=O) groups is 1. The molecule has 1 fully saturated rings. The Hall–Kier alpha value is -3.66. The number of aliphatic carboxylic acids is 1. The maximum Gasteiger partial charge on any atom is 0.320 e. The molecule has 1 aliphatic carbocycles. The van der Waals surface area contributed by atoms with Crippen molar-refractivity contribution in [2.24, 2.45) is 0 Å². The summed E-state index contributed by atoms with van der Waals surface area (Å²) in [6.07, 6.45) is 7.83. The minimum Gasteiger partial charge on any atom is -0.494 e. The lowest BCUT2D eigenvalue weighted by Crippen LogP contribution is -2.44. The Labute approximate surface area is 204 Å². The number of nitrogen functional groups attached to an aromatic ring is 2. The van der Waals surface area contributed by atoms with E-state index in [1.807, 2.05) is 31.2 Å². The van der Waals surface area contributed by atoms with E-state index in [-0.39, 0.29) is 5.95 Å². The number of aromatic nitrogens is 3. The number of fused-ring (bicyclic) bond motifs is 1. The van der Waals surface area contributed by atoms with Crippen LogP contribution in [-0.2, 0) is 11.3 Å². The fraction of sp³-hybridized carbons (Fsp3) is 0.440. The lowest BCUT2D eigenvalue weighted by atomic mass is 9.94. The van der Waals surface area contributed by atoms with Crippen LogP contribution in [0.5, 0.6) is 5.75 Å². The third-order valence-corrected chi connectivity index (χ3v) is 6.49. The molecule has 0 spiro atoms. The first-order valence-corrected chi connectivity index (χ1v) is 12.0. The van der Waals surface area contributed by atoms with Crippen LogP contribution < -0.4 is 26.8 Å². The molecular formula is C25H33N7O3. The molecule has 3 aromatic rings. The SMILES string of the molecule is Cc1c(CNc2ccc(OCC[C@H](NC3CCCCC3)C(=O)O)cc2)cnc2nc(N)nc(N)c12. The maximum atomic E-state index is 11.6. The van der Waals surface area contributed by atoms with E-state index in [4.69, 9.17) is 16.2 Å². The van der Waals surface area contributed by atoms with Gasteiger partial charge in [-0.3, -0.25) is 4.79 Å². The van der Waals surface area contributed by atoms with Crippen LogP contribution in [0, 0.1) is 6.92 Å². The van der Waals surface area contributed by atoms with Crippen molar-refractivity contribution in [2.45, 2.75) is 64.1 Å². The number of hydrogen-bond acceptors (Lipinski definition) is 9. The molecule has 0 saturated heterocycles. The summed E-state index contributed by atoms with van der Waals surface area (Å²) in [6, 6.07) is 7.28. The van der Waals surface area contributed by atoms with Gasteiger partial charge in [0.25, 0.3) is 0 Å². The van der Waals surface area contributed by atoms with Crippen LogP contribution in [0.4, 0.5) is 17.5 Å². The average Bonchev–Trinajstić information content (AvgIpc) is 2.84. The molecule has 0 radical (unpaired) electrons. The zero-order valence-electron chi connectivity index (χ0n) is 20.0. The van der Waals surface area contributed by atoms with Crippen LogP contribution >= 0.6 is 0 Å². The second-order valence-electron chi connectivity index (χ2n) is 8.98. The number of hydrogen-bond donors (Lipinski definition) is 5. The van der Waals surface area contributed by atoms with Gasteiger partial charge in [0.2, 0.25) is 5.95 Å². The van der Waals surface area contributed by atoms with Crippen molar-refractivity contribution < 1.29 is 14.6 Å². The first-order chi connectivity index (χ1) is 16.9. The van der Waals surface area contributed by atoms with Gasteiger partial charge in [-0.1, -0.05) is 19.3 Å². The lowest BCUT2D eigenvalue weighted by Gasteiger charge is -2.26. The second-order valence-corrected chi connectivity index (χ2v) is 8.98. The predicted molar refractivity (Wildman–Crippen MR) is 136 cm³/mol. The molecule has 0 amide bonds. The number of nitrogens with zero attached hydrogens (tertiary/aromatic N) is 3. The van der Waals surface area contributed by atoms with Gasteiger partial charge in [0.1, 0.15) is 17.6 Å². The van der Waals surface area contributed by atoms with E-state index in [0.29, 0.717) is 48.2 Å². The topological polar surface area (TPSA) is 161 Å². The number of nitrogens with one attached hydrogen (secondary N) is 2. The fourth-order valence-electron chi connectivity index (χ4n) is 4.50. The van der Waals surface area contributed by atoms with Gasteiger partial charge in [-0.2, -0.15) is 9.97 Å². The van der Waals surface area contributed by atoms with Crippen LogP contribution in [0.1, 0.15) is 49.7 Å². The van der Waals surface area contributed by atoms with E-state index in [0.717, 1.165) is 42.5 Å². The molecule has 1 aromatic carbocycles. The van der Waals surface area contributed by atoms with Crippen molar-refractivity contribution in [3.63, 3.8) is 0 Å². The Morgan fingerprint density at radius 3 is 2.63 bits per heavy atom. The Bertz CT molecular complexity index is 1160. The smallest absolute Gasteiger partial charge is 0.320 e. The predicted octanol–water partition coefficient (Wildman–Crippen LogP) is 3.25. The molecule has 35 heavy (non-hydrogen) atoms. The summed E-state index contributed by atoms with van der Waals surface area (Å²) < 4.78 is 5.80. The standard InChI is InChI=1S/C25H33N7O3/c1-15-16(14-29-23-21(15)22(26)31-25(27)32-23)13-28-17-7-9-19(10-8-17)35-12-11-20(24(33)34)30-18-5-3-2-4-6-18/h7-10,14,18,20,28,30H,2-6,11-13H2,1H3,(H,33,34)(H4,26,27,29,31,32)/t20-/m0/s1. The number of ether oxygens (including phenoxy) is 1. The Morgan fingerprint density at radius 2 is 1.91 bits per heavy atom. The first kappa shape index (κ1) is 24.5. The average molecular weight is 480 g/mol. The molecule has 4 rings (SSSR count). The highest BCUT2D eigenvalue weighted by molar-refractivity contribution is 5.90. The van der Waals surface area contributed by atoms with Gasteiger partial charge in [0.05, 0.1) is 12.0 Å². The Balaban J connectivity index is 1.29. The minimum absolute atomic E-state index is 0.106. The third kappa shape index (κ3) is 6.27.